The number of hydrogen-bond donors (Lipinski definition) is 1. The van der Waals surface area contributed by atoms with Crippen LogP contribution in [0.5, 0.6) is 0 Å². The number of anilines is 2. The molecule has 126 valence electrons. The van der Waals surface area contributed by atoms with Crippen molar-refractivity contribution < 1.29 is 13.6 Å². The highest BCUT2D eigenvalue weighted by atomic mass is 19.1. The van der Waals surface area contributed by atoms with Crippen molar-refractivity contribution in [3.05, 3.63) is 47.8 Å². The molecule has 5 nitrogen and oxygen atoms in total. The molecule has 0 radical (unpaired) electrons. The Labute approximate surface area is 138 Å². The van der Waals surface area contributed by atoms with Crippen molar-refractivity contribution >= 4 is 17.5 Å². The van der Waals surface area contributed by atoms with Gasteiger partial charge in [0.05, 0.1) is 18.1 Å². The molecule has 1 amide bonds. The van der Waals surface area contributed by atoms with Gasteiger partial charge in [-0.1, -0.05) is 12.8 Å². The molecule has 0 spiro atoms. The Morgan fingerprint density at radius 1 is 0.958 bits per heavy atom. The number of hydrogen-bond acceptors (Lipinski definition) is 4. The fraction of sp³-hybridized carbons (Fsp3) is 0.353. The number of halogens is 2. The minimum Gasteiger partial charge on any atom is -0.341 e. The summed E-state index contributed by atoms with van der Waals surface area (Å²) in [7, 11) is 0. The van der Waals surface area contributed by atoms with E-state index in [1.54, 1.807) is 0 Å². The van der Waals surface area contributed by atoms with Gasteiger partial charge in [-0.25, -0.2) is 18.7 Å². The van der Waals surface area contributed by atoms with Gasteiger partial charge in [0.2, 0.25) is 5.95 Å². The normalized spacial score (nSPS) is 15.0. The van der Waals surface area contributed by atoms with Gasteiger partial charge >= 0.3 is 0 Å². The van der Waals surface area contributed by atoms with Crippen molar-refractivity contribution in [2.45, 2.75) is 25.7 Å². The predicted octanol–water partition coefficient (Wildman–Crippen LogP) is 3.39. The van der Waals surface area contributed by atoms with Crippen LogP contribution >= 0.6 is 0 Å². The van der Waals surface area contributed by atoms with E-state index in [2.05, 4.69) is 20.2 Å². The van der Waals surface area contributed by atoms with Gasteiger partial charge in [0.1, 0.15) is 11.6 Å². The molecule has 1 aromatic carbocycles. The number of carbonyl (C=O) groups is 1. The lowest BCUT2D eigenvalue weighted by molar-refractivity contribution is 0.102. The van der Waals surface area contributed by atoms with Gasteiger partial charge in [-0.05, 0) is 25.0 Å². The summed E-state index contributed by atoms with van der Waals surface area (Å²) in [5.74, 6) is -1.58. The van der Waals surface area contributed by atoms with E-state index in [1.165, 1.54) is 25.2 Å². The van der Waals surface area contributed by atoms with Crippen LogP contribution in [0.3, 0.4) is 0 Å². The van der Waals surface area contributed by atoms with Crippen LogP contribution in [0.1, 0.15) is 36.0 Å². The summed E-state index contributed by atoms with van der Waals surface area (Å²) in [6, 6.07) is 2.67. The molecule has 1 aliphatic heterocycles. The quantitative estimate of drug-likeness (QED) is 0.936. The van der Waals surface area contributed by atoms with E-state index in [-0.39, 0.29) is 5.56 Å². The van der Waals surface area contributed by atoms with Gasteiger partial charge in [0, 0.05) is 24.7 Å². The molecule has 0 saturated carbocycles. The maximum absolute atomic E-state index is 13.2. The van der Waals surface area contributed by atoms with E-state index >= 15 is 0 Å². The van der Waals surface area contributed by atoms with Crippen LogP contribution in [0.25, 0.3) is 0 Å². The van der Waals surface area contributed by atoms with Gasteiger partial charge in [-0.15, -0.1) is 0 Å². The lowest BCUT2D eigenvalue weighted by Crippen LogP contribution is -2.26. The first kappa shape index (κ1) is 16.3. The Hall–Kier alpha value is -2.57. The van der Waals surface area contributed by atoms with Crippen LogP contribution in [-0.4, -0.2) is 29.0 Å². The Bertz CT molecular complexity index is 693. The van der Waals surface area contributed by atoms with Crippen molar-refractivity contribution in [2.75, 3.05) is 23.3 Å². The average Bonchev–Trinajstić information content (AvgIpc) is 2.84. The van der Waals surface area contributed by atoms with Crippen LogP contribution in [0.2, 0.25) is 0 Å². The minimum absolute atomic E-state index is 0.0934. The van der Waals surface area contributed by atoms with Crippen LogP contribution in [0.4, 0.5) is 20.4 Å². The van der Waals surface area contributed by atoms with Crippen LogP contribution in [-0.2, 0) is 0 Å². The van der Waals surface area contributed by atoms with Gasteiger partial charge in [-0.2, -0.15) is 0 Å². The first-order valence-electron chi connectivity index (χ1n) is 7.96. The monoisotopic (exact) mass is 332 g/mol. The number of carbonyl (C=O) groups excluding carboxylic acids is 1. The molecule has 24 heavy (non-hydrogen) atoms. The summed E-state index contributed by atoms with van der Waals surface area (Å²) < 4.78 is 26.3. The summed E-state index contributed by atoms with van der Waals surface area (Å²) in [6.07, 6.45) is 7.67. The number of amides is 1. The molecule has 1 aromatic heterocycles. The fourth-order valence-electron chi connectivity index (χ4n) is 2.71. The standard InChI is InChI=1S/C17H18F2N4O/c18-13-7-12(8-14(19)9-13)16(24)22-15-10-20-17(21-11-15)23-5-3-1-2-4-6-23/h7-11H,1-6H2,(H,22,24). The zero-order chi connectivity index (χ0) is 16.9. The molecule has 7 heteroatoms. The van der Waals surface area contributed by atoms with E-state index in [4.69, 9.17) is 0 Å². The predicted molar refractivity (Wildman–Crippen MR) is 87.0 cm³/mol. The second-order valence-electron chi connectivity index (χ2n) is 5.79. The van der Waals surface area contributed by atoms with Crippen molar-refractivity contribution in [2.24, 2.45) is 0 Å². The summed E-state index contributed by atoms with van der Waals surface area (Å²) in [5, 5.41) is 2.54. The number of benzene rings is 1. The number of rotatable bonds is 3. The average molecular weight is 332 g/mol. The van der Waals surface area contributed by atoms with Gasteiger partial charge in [0.15, 0.2) is 0 Å². The Balaban J connectivity index is 1.68. The van der Waals surface area contributed by atoms with Gasteiger partial charge in [-0.3, -0.25) is 4.79 Å². The first-order valence-corrected chi connectivity index (χ1v) is 7.96. The van der Waals surface area contributed by atoms with Crippen molar-refractivity contribution in [1.82, 2.24) is 9.97 Å². The highest BCUT2D eigenvalue weighted by Gasteiger charge is 2.13. The molecule has 0 unspecified atom stereocenters. The van der Waals surface area contributed by atoms with E-state index in [0.717, 1.165) is 44.1 Å². The molecule has 2 aromatic rings. The smallest absolute Gasteiger partial charge is 0.255 e. The first-order chi connectivity index (χ1) is 11.6. The number of nitrogens with zero attached hydrogens (tertiary/aromatic N) is 3. The molecule has 0 bridgehead atoms. The topological polar surface area (TPSA) is 58.1 Å². The van der Waals surface area contributed by atoms with E-state index in [9.17, 15) is 13.6 Å². The summed E-state index contributed by atoms with van der Waals surface area (Å²) in [6.45, 7) is 1.85. The van der Waals surface area contributed by atoms with E-state index < -0.39 is 17.5 Å². The minimum atomic E-state index is -0.798. The van der Waals surface area contributed by atoms with Crippen LogP contribution in [0.15, 0.2) is 30.6 Å². The van der Waals surface area contributed by atoms with E-state index in [0.29, 0.717) is 11.6 Å². The fourth-order valence-corrected chi connectivity index (χ4v) is 2.71. The third-order valence-corrected chi connectivity index (χ3v) is 3.91. The molecular weight excluding hydrogens is 314 g/mol. The highest BCUT2D eigenvalue weighted by Crippen LogP contribution is 2.17. The molecule has 1 aliphatic rings. The Morgan fingerprint density at radius 2 is 1.54 bits per heavy atom. The molecule has 3 rings (SSSR count). The van der Waals surface area contributed by atoms with Crippen molar-refractivity contribution in [1.29, 1.82) is 0 Å². The summed E-state index contributed by atoms with van der Waals surface area (Å²) in [4.78, 5) is 22.7. The number of aromatic nitrogens is 2. The maximum atomic E-state index is 13.2. The molecule has 1 saturated heterocycles. The lowest BCUT2D eigenvalue weighted by Gasteiger charge is -2.19. The van der Waals surface area contributed by atoms with Crippen LogP contribution < -0.4 is 10.2 Å². The molecule has 2 heterocycles. The summed E-state index contributed by atoms with van der Waals surface area (Å²) in [5.41, 5.74) is 0.285. The second kappa shape index (κ2) is 7.33. The second-order valence-corrected chi connectivity index (χ2v) is 5.79. The van der Waals surface area contributed by atoms with Crippen molar-refractivity contribution in [3.63, 3.8) is 0 Å². The molecule has 1 fully saturated rings. The molecule has 1 N–H and O–H groups in total. The zero-order valence-corrected chi connectivity index (χ0v) is 13.1. The lowest BCUT2D eigenvalue weighted by atomic mass is 10.2. The van der Waals surface area contributed by atoms with Crippen molar-refractivity contribution in [3.8, 4) is 0 Å². The van der Waals surface area contributed by atoms with Gasteiger partial charge in [0.25, 0.3) is 5.91 Å². The Kier molecular flexibility index (Phi) is 4.98. The highest BCUT2D eigenvalue weighted by molar-refractivity contribution is 6.04. The Morgan fingerprint density at radius 3 is 2.12 bits per heavy atom. The van der Waals surface area contributed by atoms with Gasteiger partial charge < -0.3 is 10.2 Å². The third-order valence-electron chi connectivity index (χ3n) is 3.91. The molecule has 0 atom stereocenters. The third kappa shape index (κ3) is 4.04. The number of nitrogens with one attached hydrogen (secondary N) is 1. The molecular formula is C17H18F2N4O. The largest absolute Gasteiger partial charge is 0.341 e. The van der Waals surface area contributed by atoms with E-state index in [1.807, 2.05) is 0 Å². The summed E-state index contributed by atoms with van der Waals surface area (Å²) >= 11 is 0. The molecule has 0 aliphatic carbocycles. The SMILES string of the molecule is O=C(Nc1cnc(N2CCCCCC2)nc1)c1cc(F)cc(F)c1. The zero-order valence-electron chi connectivity index (χ0n) is 13.1. The van der Waals surface area contributed by atoms with Crippen LogP contribution in [0, 0.1) is 11.6 Å². The maximum Gasteiger partial charge on any atom is 0.255 e.